The van der Waals surface area contributed by atoms with E-state index in [0.717, 1.165) is 25.7 Å². The number of nitrogens with one attached hydrogen (secondary N) is 1. The van der Waals surface area contributed by atoms with Crippen LogP contribution in [0.1, 0.15) is 43.7 Å². The lowest BCUT2D eigenvalue weighted by Crippen LogP contribution is -2.35. The summed E-state index contributed by atoms with van der Waals surface area (Å²) in [5.41, 5.74) is 0.238. The lowest BCUT2D eigenvalue weighted by Gasteiger charge is -2.26. The molecule has 1 aliphatic rings. The van der Waals surface area contributed by atoms with Gasteiger partial charge in [0.05, 0.1) is 0 Å². The zero-order chi connectivity index (χ0) is 16.7. The second-order valence-electron chi connectivity index (χ2n) is 5.90. The molecule has 0 saturated carbocycles. The van der Waals surface area contributed by atoms with Gasteiger partial charge in [0.2, 0.25) is 5.91 Å². The van der Waals surface area contributed by atoms with Gasteiger partial charge in [-0.15, -0.1) is 0 Å². The Kier molecular flexibility index (Phi) is 6.52. The van der Waals surface area contributed by atoms with Crippen molar-refractivity contribution in [3.8, 4) is 0 Å². The molecular formula is C17H23FN2O3. The van der Waals surface area contributed by atoms with Crippen molar-refractivity contribution in [3.63, 3.8) is 0 Å². The van der Waals surface area contributed by atoms with Gasteiger partial charge in [-0.2, -0.15) is 0 Å². The highest BCUT2D eigenvalue weighted by atomic mass is 19.1. The second-order valence-corrected chi connectivity index (χ2v) is 5.90. The average molecular weight is 322 g/mol. The van der Waals surface area contributed by atoms with Gasteiger partial charge in [-0.05, 0) is 56.6 Å². The molecule has 0 aromatic heterocycles. The predicted molar refractivity (Wildman–Crippen MR) is 84.4 cm³/mol. The van der Waals surface area contributed by atoms with Crippen molar-refractivity contribution in [1.82, 2.24) is 10.2 Å². The molecule has 0 unspecified atom stereocenters. The molecule has 1 aromatic rings. The second kappa shape index (κ2) is 8.62. The van der Waals surface area contributed by atoms with Crippen molar-refractivity contribution in [2.75, 3.05) is 19.6 Å². The van der Waals surface area contributed by atoms with Gasteiger partial charge in [0.15, 0.2) is 6.04 Å². The molecular weight excluding hydrogens is 299 g/mol. The third kappa shape index (κ3) is 5.63. The Morgan fingerprint density at radius 3 is 2.65 bits per heavy atom. The number of carboxylic acids is 1. The van der Waals surface area contributed by atoms with E-state index in [2.05, 4.69) is 10.2 Å². The van der Waals surface area contributed by atoms with Crippen LogP contribution in [0.2, 0.25) is 0 Å². The Morgan fingerprint density at radius 1 is 1.26 bits per heavy atom. The highest BCUT2D eigenvalue weighted by molar-refractivity contribution is 5.84. The summed E-state index contributed by atoms with van der Waals surface area (Å²) in [7, 11) is 0. The Morgan fingerprint density at radius 2 is 2.00 bits per heavy atom. The maximum Gasteiger partial charge on any atom is 0.330 e. The van der Waals surface area contributed by atoms with Crippen LogP contribution >= 0.6 is 0 Å². The van der Waals surface area contributed by atoms with E-state index in [1.807, 2.05) is 0 Å². The highest BCUT2D eigenvalue weighted by Gasteiger charge is 2.22. The van der Waals surface area contributed by atoms with E-state index in [9.17, 15) is 19.1 Å². The molecule has 1 fully saturated rings. The van der Waals surface area contributed by atoms with Gasteiger partial charge < -0.3 is 15.3 Å². The first-order valence-corrected chi connectivity index (χ1v) is 8.06. The average Bonchev–Trinajstić information content (AvgIpc) is 2.53. The fourth-order valence-corrected chi connectivity index (χ4v) is 2.85. The minimum absolute atomic E-state index is 0.238. The summed E-state index contributed by atoms with van der Waals surface area (Å²) in [6.45, 7) is 3.00. The molecule has 1 heterocycles. The molecule has 1 atom stereocenters. The molecule has 2 rings (SSSR count). The van der Waals surface area contributed by atoms with E-state index in [1.54, 1.807) is 0 Å². The van der Waals surface area contributed by atoms with Gasteiger partial charge >= 0.3 is 5.97 Å². The topological polar surface area (TPSA) is 69.6 Å². The Bertz CT molecular complexity index is 544. The summed E-state index contributed by atoms with van der Waals surface area (Å²) in [6, 6.07) is 4.09. The van der Waals surface area contributed by atoms with Crippen LogP contribution in [0.25, 0.3) is 0 Å². The smallest absolute Gasteiger partial charge is 0.330 e. The highest BCUT2D eigenvalue weighted by Crippen LogP contribution is 2.15. The zero-order valence-corrected chi connectivity index (χ0v) is 13.1. The van der Waals surface area contributed by atoms with Gasteiger partial charge in [-0.3, -0.25) is 4.79 Å². The molecule has 5 nitrogen and oxygen atoms in total. The Hall–Kier alpha value is -1.95. The summed E-state index contributed by atoms with van der Waals surface area (Å²) in [6.07, 6.45) is 4.64. The molecule has 1 aliphatic heterocycles. The third-order valence-corrected chi connectivity index (χ3v) is 4.06. The number of aliphatic carboxylic acids is 1. The van der Waals surface area contributed by atoms with Gasteiger partial charge in [0.25, 0.3) is 0 Å². The van der Waals surface area contributed by atoms with Crippen LogP contribution in [-0.4, -0.2) is 41.5 Å². The van der Waals surface area contributed by atoms with Crippen molar-refractivity contribution >= 4 is 11.9 Å². The number of hydrogen-bond acceptors (Lipinski definition) is 3. The van der Waals surface area contributed by atoms with Crippen molar-refractivity contribution in [3.05, 3.63) is 35.6 Å². The minimum atomic E-state index is -1.21. The lowest BCUT2D eigenvalue weighted by atomic mass is 10.1. The molecule has 0 radical (unpaired) electrons. The van der Waals surface area contributed by atoms with Crippen LogP contribution in [0.5, 0.6) is 0 Å². The SMILES string of the molecule is O=C(CCCN1CCCCC1)N[C@@H](C(=O)O)c1cccc(F)c1. The molecule has 0 aliphatic carbocycles. The third-order valence-electron chi connectivity index (χ3n) is 4.06. The molecule has 2 N–H and O–H groups in total. The molecule has 23 heavy (non-hydrogen) atoms. The number of halogens is 1. The number of nitrogens with zero attached hydrogens (tertiary/aromatic N) is 1. The van der Waals surface area contributed by atoms with Crippen LogP contribution in [0.4, 0.5) is 4.39 Å². The largest absolute Gasteiger partial charge is 0.479 e. The van der Waals surface area contributed by atoms with Crippen LogP contribution in [0.15, 0.2) is 24.3 Å². The van der Waals surface area contributed by atoms with Crippen molar-refractivity contribution in [2.24, 2.45) is 0 Å². The van der Waals surface area contributed by atoms with Crippen LogP contribution < -0.4 is 5.32 Å². The van der Waals surface area contributed by atoms with E-state index >= 15 is 0 Å². The molecule has 0 spiro atoms. The first kappa shape index (κ1) is 17.4. The van der Waals surface area contributed by atoms with Gasteiger partial charge in [0.1, 0.15) is 5.82 Å². The molecule has 126 valence electrons. The quantitative estimate of drug-likeness (QED) is 0.808. The van der Waals surface area contributed by atoms with Gasteiger partial charge in [-0.1, -0.05) is 18.6 Å². The van der Waals surface area contributed by atoms with E-state index < -0.39 is 17.8 Å². The van der Waals surface area contributed by atoms with Gasteiger partial charge in [-0.25, -0.2) is 9.18 Å². The number of hydrogen-bond donors (Lipinski definition) is 2. The lowest BCUT2D eigenvalue weighted by molar-refractivity contribution is -0.142. The van der Waals surface area contributed by atoms with Crippen LogP contribution in [0, 0.1) is 5.82 Å². The van der Waals surface area contributed by atoms with E-state index in [-0.39, 0.29) is 17.9 Å². The van der Waals surface area contributed by atoms with Crippen molar-refractivity contribution in [2.45, 2.75) is 38.1 Å². The summed E-state index contributed by atoms with van der Waals surface area (Å²) < 4.78 is 13.2. The number of likely N-dealkylation sites (tertiary alicyclic amines) is 1. The summed E-state index contributed by atoms with van der Waals surface area (Å²) in [5, 5.41) is 11.7. The molecule has 1 saturated heterocycles. The number of carbonyl (C=O) groups is 2. The number of amides is 1. The van der Waals surface area contributed by atoms with E-state index in [4.69, 9.17) is 0 Å². The summed E-state index contributed by atoms with van der Waals surface area (Å²) in [4.78, 5) is 25.6. The standard InChI is InChI=1S/C17H23FN2O3/c18-14-7-4-6-13(12-14)16(17(22)23)19-15(21)8-5-11-20-9-2-1-3-10-20/h4,6-7,12,16H,1-3,5,8-11H2,(H,19,21)(H,22,23)/t16-/m1/s1. The van der Waals surface area contributed by atoms with Crippen LogP contribution in [-0.2, 0) is 9.59 Å². The van der Waals surface area contributed by atoms with Crippen LogP contribution in [0.3, 0.4) is 0 Å². The van der Waals surface area contributed by atoms with Crippen molar-refractivity contribution in [1.29, 1.82) is 0 Å². The van der Waals surface area contributed by atoms with E-state index in [1.165, 1.54) is 37.5 Å². The summed E-state index contributed by atoms with van der Waals surface area (Å²) in [5.74, 6) is -2.04. The number of rotatable bonds is 7. The fraction of sp³-hybridized carbons (Fsp3) is 0.529. The first-order chi connectivity index (χ1) is 11.1. The first-order valence-electron chi connectivity index (χ1n) is 8.06. The maximum absolute atomic E-state index is 13.2. The Labute approximate surface area is 135 Å². The normalized spacial score (nSPS) is 16.7. The monoisotopic (exact) mass is 322 g/mol. The Balaban J connectivity index is 1.82. The van der Waals surface area contributed by atoms with Gasteiger partial charge in [0, 0.05) is 6.42 Å². The maximum atomic E-state index is 13.2. The van der Waals surface area contributed by atoms with Crippen molar-refractivity contribution < 1.29 is 19.1 Å². The number of benzene rings is 1. The number of piperidine rings is 1. The molecule has 1 aromatic carbocycles. The number of carboxylic acid groups (broad SMARTS) is 1. The number of carbonyl (C=O) groups excluding carboxylic acids is 1. The van der Waals surface area contributed by atoms with E-state index in [0.29, 0.717) is 6.42 Å². The minimum Gasteiger partial charge on any atom is -0.479 e. The zero-order valence-electron chi connectivity index (χ0n) is 13.1. The summed E-state index contributed by atoms with van der Waals surface area (Å²) >= 11 is 0. The molecule has 1 amide bonds. The molecule has 6 heteroatoms. The fourth-order valence-electron chi connectivity index (χ4n) is 2.85. The predicted octanol–water partition coefficient (Wildman–Crippen LogP) is 2.33. The molecule has 0 bridgehead atoms.